The van der Waals surface area contributed by atoms with Gasteiger partial charge in [-0.3, -0.25) is 4.79 Å². The number of hydrogen-bond donors (Lipinski definition) is 2. The molecule has 2 rings (SSSR count). The van der Waals surface area contributed by atoms with Crippen LogP contribution in [0, 0.1) is 0 Å². The van der Waals surface area contributed by atoms with Crippen LogP contribution in [0.25, 0.3) is 0 Å². The molecule has 23 heavy (non-hydrogen) atoms. The van der Waals surface area contributed by atoms with Gasteiger partial charge in [-0.15, -0.1) is 12.4 Å². The van der Waals surface area contributed by atoms with Gasteiger partial charge in [-0.2, -0.15) is 0 Å². The number of ketones is 1. The van der Waals surface area contributed by atoms with Gasteiger partial charge in [0, 0.05) is 19.2 Å². The number of hydrogen-bond acceptors (Lipinski definition) is 5. The van der Waals surface area contributed by atoms with Crippen LogP contribution in [0.3, 0.4) is 0 Å². The highest BCUT2D eigenvalue weighted by Crippen LogP contribution is 2.20. The minimum Gasteiger partial charge on any atom is -0.383 e. The number of Topliss-reactive ketones (excluding diaryl/α,β-unsaturated/α-hetero) is 1. The van der Waals surface area contributed by atoms with Crippen LogP contribution in [0.15, 0.2) is 29.2 Å². The van der Waals surface area contributed by atoms with Crippen LogP contribution < -0.4 is 10.0 Å². The molecular weight excluding hydrogens is 340 g/mol. The van der Waals surface area contributed by atoms with Crippen LogP contribution >= 0.6 is 12.4 Å². The van der Waals surface area contributed by atoms with E-state index in [1.165, 1.54) is 31.2 Å². The highest BCUT2D eigenvalue weighted by Gasteiger charge is 2.34. The van der Waals surface area contributed by atoms with Crippen molar-refractivity contribution in [1.29, 1.82) is 0 Å². The number of carbonyl (C=O) groups is 1. The average molecular weight is 363 g/mol. The first kappa shape index (κ1) is 20.1. The summed E-state index contributed by atoms with van der Waals surface area (Å²) in [6.45, 7) is 3.04. The van der Waals surface area contributed by atoms with E-state index < -0.39 is 10.0 Å². The molecule has 1 aromatic carbocycles. The Bertz CT molecular complexity index is 625. The molecule has 0 bridgehead atoms. The minimum atomic E-state index is -3.60. The zero-order valence-corrected chi connectivity index (χ0v) is 14.9. The first-order valence-corrected chi connectivity index (χ1v) is 8.71. The summed E-state index contributed by atoms with van der Waals surface area (Å²) in [7, 11) is -2.00. The largest absolute Gasteiger partial charge is 0.383 e. The van der Waals surface area contributed by atoms with Crippen LogP contribution in [0.1, 0.15) is 30.1 Å². The fourth-order valence-corrected chi connectivity index (χ4v) is 3.78. The zero-order valence-electron chi connectivity index (χ0n) is 13.3. The molecule has 0 aliphatic carbocycles. The molecule has 1 atom stereocenters. The van der Waals surface area contributed by atoms with E-state index in [9.17, 15) is 13.2 Å². The third kappa shape index (κ3) is 4.99. The molecule has 1 aliphatic rings. The van der Waals surface area contributed by atoms with Gasteiger partial charge in [0.15, 0.2) is 5.78 Å². The molecule has 1 aromatic rings. The number of methoxy groups -OCH3 is 1. The second-order valence-corrected chi connectivity index (χ2v) is 7.42. The molecule has 0 radical (unpaired) electrons. The van der Waals surface area contributed by atoms with Crippen LogP contribution in [0.5, 0.6) is 0 Å². The molecule has 1 unspecified atom stereocenters. The second kappa shape index (κ2) is 8.21. The van der Waals surface area contributed by atoms with Gasteiger partial charge in [0.25, 0.3) is 0 Å². The van der Waals surface area contributed by atoms with Crippen LogP contribution in [-0.2, 0) is 14.8 Å². The van der Waals surface area contributed by atoms with Crippen molar-refractivity contribution in [1.82, 2.24) is 10.0 Å². The Morgan fingerprint density at radius 2 is 2.00 bits per heavy atom. The molecule has 1 aliphatic heterocycles. The van der Waals surface area contributed by atoms with Crippen LogP contribution in [0.2, 0.25) is 0 Å². The molecule has 0 aromatic heterocycles. The summed E-state index contributed by atoms with van der Waals surface area (Å²) < 4.78 is 32.5. The summed E-state index contributed by atoms with van der Waals surface area (Å²) in [6.07, 6.45) is 1.87. The van der Waals surface area contributed by atoms with Gasteiger partial charge in [-0.1, -0.05) is 12.1 Å². The monoisotopic (exact) mass is 362 g/mol. The molecule has 6 nitrogen and oxygen atoms in total. The van der Waals surface area contributed by atoms with Gasteiger partial charge in [0.2, 0.25) is 10.0 Å². The number of rotatable bonds is 7. The number of sulfonamides is 1. The lowest BCUT2D eigenvalue weighted by Gasteiger charge is -2.28. The number of carbonyl (C=O) groups excluding carboxylic acids is 1. The van der Waals surface area contributed by atoms with Crippen molar-refractivity contribution in [3.63, 3.8) is 0 Å². The molecule has 130 valence electrons. The van der Waals surface area contributed by atoms with Gasteiger partial charge in [0.05, 0.1) is 17.0 Å². The van der Waals surface area contributed by atoms with E-state index >= 15 is 0 Å². The number of nitrogens with one attached hydrogen (secondary N) is 2. The van der Waals surface area contributed by atoms with Crippen LogP contribution in [0.4, 0.5) is 0 Å². The molecule has 0 saturated carbocycles. The Kier molecular flexibility index (Phi) is 7.16. The minimum absolute atomic E-state index is 0. The standard InChI is InChI=1S/C15H22N2O4S.ClH/c1-12(18)13-4-6-14(7-5-13)22(19,20)17-10-15(11-21-2)8-3-9-16-15;/h4-7,16-17H,3,8-11H2,1-2H3;1H. The SMILES string of the molecule is COCC1(CNS(=O)(=O)c2ccc(C(C)=O)cc2)CCCN1.Cl. The van der Waals surface area contributed by atoms with Crippen molar-refractivity contribution < 1.29 is 17.9 Å². The van der Waals surface area contributed by atoms with Crippen molar-refractivity contribution >= 4 is 28.2 Å². The molecule has 0 spiro atoms. The maximum absolute atomic E-state index is 12.4. The van der Waals surface area contributed by atoms with Gasteiger partial charge >= 0.3 is 0 Å². The molecule has 1 heterocycles. The van der Waals surface area contributed by atoms with Crippen molar-refractivity contribution in [3.05, 3.63) is 29.8 Å². The van der Waals surface area contributed by atoms with E-state index in [1.807, 2.05) is 0 Å². The topological polar surface area (TPSA) is 84.5 Å². The highest BCUT2D eigenvalue weighted by molar-refractivity contribution is 7.89. The maximum Gasteiger partial charge on any atom is 0.240 e. The van der Waals surface area contributed by atoms with E-state index in [1.54, 1.807) is 7.11 Å². The van der Waals surface area contributed by atoms with E-state index in [-0.39, 0.29) is 35.2 Å². The zero-order chi connectivity index (χ0) is 16.2. The van der Waals surface area contributed by atoms with Gasteiger partial charge in [0.1, 0.15) is 0 Å². The lowest BCUT2D eigenvalue weighted by atomic mass is 9.99. The summed E-state index contributed by atoms with van der Waals surface area (Å²) in [4.78, 5) is 11.4. The van der Waals surface area contributed by atoms with Crippen molar-refractivity contribution in [2.45, 2.75) is 30.2 Å². The van der Waals surface area contributed by atoms with Crippen LogP contribution in [-0.4, -0.2) is 46.5 Å². The molecule has 0 amide bonds. The first-order valence-electron chi connectivity index (χ1n) is 7.23. The predicted octanol–water partition coefficient (Wildman–Crippen LogP) is 1.36. The Morgan fingerprint density at radius 1 is 1.35 bits per heavy atom. The van der Waals surface area contributed by atoms with Crippen molar-refractivity contribution in [3.8, 4) is 0 Å². The maximum atomic E-state index is 12.4. The predicted molar refractivity (Wildman–Crippen MR) is 90.7 cm³/mol. The number of benzene rings is 1. The fourth-order valence-electron chi connectivity index (χ4n) is 2.66. The average Bonchev–Trinajstić information content (AvgIpc) is 2.95. The summed E-state index contributed by atoms with van der Waals surface area (Å²) in [5, 5.41) is 3.32. The number of halogens is 1. The first-order chi connectivity index (χ1) is 10.4. The molecule has 8 heteroatoms. The summed E-state index contributed by atoms with van der Waals surface area (Å²) in [5.41, 5.74) is 0.147. The van der Waals surface area contributed by atoms with E-state index in [0.717, 1.165) is 19.4 Å². The van der Waals surface area contributed by atoms with E-state index in [4.69, 9.17) is 4.74 Å². The third-order valence-electron chi connectivity index (χ3n) is 3.92. The molecule has 1 fully saturated rings. The lowest BCUT2D eigenvalue weighted by molar-refractivity contribution is 0.101. The van der Waals surface area contributed by atoms with Gasteiger partial charge < -0.3 is 10.1 Å². The van der Waals surface area contributed by atoms with Gasteiger partial charge in [-0.05, 0) is 38.4 Å². The fraction of sp³-hybridized carbons (Fsp3) is 0.533. The molecule has 1 saturated heterocycles. The third-order valence-corrected chi connectivity index (χ3v) is 5.34. The smallest absolute Gasteiger partial charge is 0.240 e. The Balaban J connectivity index is 0.00000264. The number of ether oxygens (including phenoxy) is 1. The molecular formula is C15H23ClN2O4S. The summed E-state index contributed by atoms with van der Waals surface area (Å²) in [5.74, 6) is -0.0916. The Hall–Kier alpha value is -0.990. The van der Waals surface area contributed by atoms with Crippen molar-refractivity contribution in [2.24, 2.45) is 0 Å². The summed E-state index contributed by atoms with van der Waals surface area (Å²) >= 11 is 0. The normalized spacial score (nSPS) is 21.0. The van der Waals surface area contributed by atoms with Gasteiger partial charge in [-0.25, -0.2) is 13.1 Å². The van der Waals surface area contributed by atoms with E-state index in [0.29, 0.717) is 12.2 Å². The quantitative estimate of drug-likeness (QED) is 0.715. The Labute approximate surface area is 143 Å². The summed E-state index contributed by atoms with van der Waals surface area (Å²) in [6, 6.07) is 5.94. The Morgan fingerprint density at radius 3 is 2.48 bits per heavy atom. The lowest BCUT2D eigenvalue weighted by Crippen LogP contribution is -2.52. The van der Waals surface area contributed by atoms with E-state index in [2.05, 4.69) is 10.0 Å². The molecule has 2 N–H and O–H groups in total. The second-order valence-electron chi connectivity index (χ2n) is 5.65. The van der Waals surface area contributed by atoms with Crippen molar-refractivity contribution in [2.75, 3.05) is 26.8 Å². The highest BCUT2D eigenvalue weighted by atomic mass is 35.5.